The first kappa shape index (κ1) is 17.3. The van der Waals surface area contributed by atoms with Gasteiger partial charge in [0.2, 0.25) is 0 Å². The summed E-state index contributed by atoms with van der Waals surface area (Å²) in [7, 11) is 0. The van der Waals surface area contributed by atoms with Gasteiger partial charge < -0.3 is 4.57 Å². The molecule has 1 aliphatic heterocycles. The van der Waals surface area contributed by atoms with Gasteiger partial charge in [-0.2, -0.15) is 0 Å². The van der Waals surface area contributed by atoms with Gasteiger partial charge in [-0.1, -0.05) is 41.9 Å². The summed E-state index contributed by atoms with van der Waals surface area (Å²) in [5, 5.41) is 0.686. The average Bonchev–Trinajstić information content (AvgIpc) is 3.02. The molecule has 1 unspecified atom stereocenters. The van der Waals surface area contributed by atoms with Crippen LogP contribution in [-0.4, -0.2) is 16.0 Å². The van der Waals surface area contributed by atoms with E-state index >= 15 is 0 Å². The van der Waals surface area contributed by atoms with Gasteiger partial charge in [0.25, 0.3) is 0 Å². The molecular weight excluding hydrogens is 354 g/mol. The number of rotatable bonds is 3. The second kappa shape index (κ2) is 7.22. The molecule has 3 aromatic rings. The van der Waals surface area contributed by atoms with Crippen LogP contribution in [0.3, 0.4) is 0 Å². The minimum absolute atomic E-state index is 0.360. The van der Waals surface area contributed by atoms with Gasteiger partial charge in [-0.15, -0.1) is 0 Å². The summed E-state index contributed by atoms with van der Waals surface area (Å²) in [4.78, 5) is 2.18. The van der Waals surface area contributed by atoms with Crippen molar-refractivity contribution in [1.29, 1.82) is 0 Å². The zero-order valence-corrected chi connectivity index (χ0v) is 15.0. The first-order valence-corrected chi connectivity index (χ1v) is 9.09. The van der Waals surface area contributed by atoms with Crippen molar-refractivity contribution >= 4 is 11.6 Å². The lowest BCUT2D eigenvalue weighted by Gasteiger charge is -2.31. The van der Waals surface area contributed by atoms with Gasteiger partial charge in [-0.25, -0.2) is 8.78 Å². The van der Waals surface area contributed by atoms with Crippen LogP contribution >= 0.6 is 11.6 Å². The Kier molecular flexibility index (Phi) is 4.79. The lowest BCUT2D eigenvalue weighted by Crippen LogP contribution is -2.30. The monoisotopic (exact) mass is 372 g/mol. The Morgan fingerprint density at radius 1 is 0.962 bits per heavy atom. The van der Waals surface area contributed by atoms with Crippen LogP contribution in [0.2, 0.25) is 5.02 Å². The first-order valence-electron chi connectivity index (χ1n) is 8.71. The highest BCUT2D eigenvalue weighted by molar-refractivity contribution is 6.31. The Bertz CT molecular complexity index is 922. The fourth-order valence-electron chi connectivity index (χ4n) is 3.74. The molecule has 0 spiro atoms. The topological polar surface area (TPSA) is 8.17 Å². The molecule has 0 radical (unpaired) electrons. The van der Waals surface area contributed by atoms with E-state index in [1.807, 2.05) is 42.6 Å². The van der Waals surface area contributed by atoms with Crippen molar-refractivity contribution in [3.8, 4) is 0 Å². The van der Waals surface area contributed by atoms with E-state index in [4.69, 9.17) is 11.6 Å². The summed E-state index contributed by atoms with van der Waals surface area (Å²) in [6.45, 7) is 2.20. The highest BCUT2D eigenvalue weighted by Crippen LogP contribution is 2.35. The number of nitrogens with zero attached hydrogens (tertiary/aromatic N) is 2. The van der Waals surface area contributed by atoms with Crippen LogP contribution in [0.1, 0.15) is 29.3 Å². The molecule has 0 N–H and O–H groups in total. The van der Waals surface area contributed by atoms with Crippen molar-refractivity contribution < 1.29 is 8.78 Å². The fourth-order valence-corrected chi connectivity index (χ4v) is 3.94. The molecule has 1 aromatic heterocycles. The quantitative estimate of drug-likeness (QED) is 0.596. The molecule has 5 heteroatoms. The summed E-state index contributed by atoms with van der Waals surface area (Å²) in [6.07, 6.45) is 2.93. The summed E-state index contributed by atoms with van der Waals surface area (Å²) in [5.74, 6) is -1.60. The van der Waals surface area contributed by atoms with E-state index in [2.05, 4.69) is 9.47 Å². The highest BCUT2D eigenvalue weighted by Gasteiger charge is 2.30. The molecule has 0 saturated heterocycles. The molecule has 0 saturated carbocycles. The molecule has 1 aliphatic rings. The Balaban J connectivity index is 1.81. The number of hydrogen-bond donors (Lipinski definition) is 0. The van der Waals surface area contributed by atoms with Crippen molar-refractivity contribution in [2.24, 2.45) is 0 Å². The Morgan fingerprint density at radius 2 is 1.81 bits per heavy atom. The van der Waals surface area contributed by atoms with Crippen LogP contribution in [0.5, 0.6) is 0 Å². The van der Waals surface area contributed by atoms with Crippen LogP contribution in [-0.2, 0) is 13.1 Å². The zero-order valence-electron chi connectivity index (χ0n) is 14.2. The van der Waals surface area contributed by atoms with Gasteiger partial charge in [0.05, 0.1) is 6.04 Å². The van der Waals surface area contributed by atoms with Gasteiger partial charge in [-0.3, -0.25) is 4.90 Å². The third kappa shape index (κ3) is 3.15. The Morgan fingerprint density at radius 3 is 2.65 bits per heavy atom. The molecular formula is C21H19ClF2N2. The highest BCUT2D eigenvalue weighted by atomic mass is 35.5. The molecule has 0 aliphatic carbocycles. The SMILES string of the molecule is Fc1cccc(C2c3cccn3CCCN2Cc2ccccc2Cl)c1F. The number of halogens is 3. The predicted molar refractivity (Wildman–Crippen MR) is 99.1 cm³/mol. The summed E-state index contributed by atoms with van der Waals surface area (Å²) < 4.78 is 30.7. The van der Waals surface area contributed by atoms with E-state index < -0.39 is 11.6 Å². The van der Waals surface area contributed by atoms with Gasteiger partial charge in [0.15, 0.2) is 11.6 Å². The summed E-state index contributed by atoms with van der Waals surface area (Å²) in [6, 6.07) is 15.7. The van der Waals surface area contributed by atoms with Crippen molar-refractivity contribution in [2.45, 2.75) is 25.6 Å². The average molecular weight is 373 g/mol. The molecule has 134 valence electrons. The summed E-state index contributed by atoms with van der Waals surface area (Å²) >= 11 is 6.35. The minimum atomic E-state index is -0.817. The second-order valence-electron chi connectivity index (χ2n) is 6.59. The van der Waals surface area contributed by atoms with Gasteiger partial charge in [0.1, 0.15) is 0 Å². The molecule has 0 bridgehead atoms. The minimum Gasteiger partial charge on any atom is -0.350 e. The van der Waals surface area contributed by atoms with E-state index in [-0.39, 0.29) is 6.04 Å². The van der Waals surface area contributed by atoms with E-state index in [0.29, 0.717) is 17.1 Å². The smallest absolute Gasteiger partial charge is 0.163 e. The normalized spacial score (nSPS) is 17.7. The maximum absolute atomic E-state index is 14.7. The number of fused-ring (bicyclic) bond motifs is 1. The van der Waals surface area contributed by atoms with Gasteiger partial charge in [-0.05, 0) is 36.2 Å². The largest absolute Gasteiger partial charge is 0.350 e. The molecule has 4 rings (SSSR count). The number of aryl methyl sites for hydroxylation is 1. The van der Waals surface area contributed by atoms with Crippen LogP contribution in [0.25, 0.3) is 0 Å². The molecule has 0 amide bonds. The zero-order chi connectivity index (χ0) is 18.1. The molecule has 26 heavy (non-hydrogen) atoms. The predicted octanol–water partition coefficient (Wildman–Crippen LogP) is 5.42. The first-order chi connectivity index (χ1) is 12.6. The van der Waals surface area contributed by atoms with Crippen LogP contribution in [0.15, 0.2) is 60.8 Å². The van der Waals surface area contributed by atoms with E-state index in [1.165, 1.54) is 0 Å². The van der Waals surface area contributed by atoms with Crippen molar-refractivity contribution in [3.05, 3.63) is 94.3 Å². The number of aromatic nitrogens is 1. The number of benzene rings is 2. The molecule has 2 nitrogen and oxygen atoms in total. The number of hydrogen-bond acceptors (Lipinski definition) is 1. The summed E-state index contributed by atoms with van der Waals surface area (Å²) in [5.41, 5.74) is 2.31. The fraction of sp³-hybridized carbons (Fsp3) is 0.238. The third-order valence-electron chi connectivity index (χ3n) is 4.96. The standard InChI is InChI=1S/C21H19ClF2N2/c22-17-8-2-1-6-15(17)14-26-13-5-12-25-11-4-10-19(25)21(26)16-7-3-9-18(23)20(16)24/h1-4,6-11,21H,5,12-14H2. The van der Waals surface area contributed by atoms with Crippen molar-refractivity contribution in [2.75, 3.05) is 6.54 Å². The van der Waals surface area contributed by atoms with Crippen molar-refractivity contribution in [1.82, 2.24) is 9.47 Å². The molecule has 0 fully saturated rings. The molecule has 2 heterocycles. The lowest BCUT2D eigenvalue weighted by atomic mass is 10.00. The van der Waals surface area contributed by atoms with Gasteiger partial charge in [0, 0.05) is 42.1 Å². The van der Waals surface area contributed by atoms with Gasteiger partial charge >= 0.3 is 0 Å². The second-order valence-corrected chi connectivity index (χ2v) is 6.99. The maximum atomic E-state index is 14.7. The Hall–Kier alpha value is -2.17. The van der Waals surface area contributed by atoms with Crippen molar-refractivity contribution in [3.63, 3.8) is 0 Å². The van der Waals surface area contributed by atoms with Crippen LogP contribution in [0, 0.1) is 11.6 Å². The maximum Gasteiger partial charge on any atom is 0.163 e. The lowest BCUT2D eigenvalue weighted by molar-refractivity contribution is 0.215. The molecule has 1 atom stereocenters. The van der Waals surface area contributed by atoms with E-state index in [1.54, 1.807) is 12.1 Å². The van der Waals surface area contributed by atoms with Crippen LogP contribution < -0.4 is 0 Å². The Labute approximate surface area is 156 Å². The van der Waals surface area contributed by atoms with E-state index in [0.717, 1.165) is 36.8 Å². The third-order valence-corrected chi connectivity index (χ3v) is 5.33. The molecule has 2 aromatic carbocycles. The van der Waals surface area contributed by atoms with Crippen LogP contribution in [0.4, 0.5) is 8.78 Å². The van der Waals surface area contributed by atoms with E-state index in [9.17, 15) is 8.78 Å².